The minimum Gasteiger partial charge on any atom is -0.453 e. The van der Waals surface area contributed by atoms with Gasteiger partial charge in [0.2, 0.25) is 5.78 Å². The smallest absolute Gasteiger partial charge is 0.208 e. The number of benzene rings is 2. The second-order valence-corrected chi connectivity index (χ2v) is 6.74. The van der Waals surface area contributed by atoms with Crippen LogP contribution in [0.2, 0.25) is 0 Å². The van der Waals surface area contributed by atoms with E-state index in [1.54, 1.807) is 0 Å². The highest BCUT2D eigenvalue weighted by Crippen LogP contribution is 2.26. The molecule has 0 saturated carbocycles. The summed E-state index contributed by atoms with van der Waals surface area (Å²) in [5.41, 5.74) is 1.85. The van der Waals surface area contributed by atoms with Gasteiger partial charge < -0.3 is 4.42 Å². The van der Waals surface area contributed by atoms with Crippen LogP contribution in [0.5, 0.6) is 0 Å². The lowest BCUT2D eigenvalue weighted by Crippen LogP contribution is -2.00. The number of halogens is 1. The first-order chi connectivity index (χ1) is 10.1. The molecule has 2 nitrogen and oxygen atoms in total. The maximum Gasteiger partial charge on any atom is 0.208 e. The van der Waals surface area contributed by atoms with Gasteiger partial charge in [0.25, 0.3) is 0 Å². The van der Waals surface area contributed by atoms with Gasteiger partial charge in [0.15, 0.2) is 5.76 Å². The molecule has 0 bridgehead atoms. The fourth-order valence-electron chi connectivity index (χ4n) is 2.12. The molecule has 0 aliphatic rings. The molecule has 0 aliphatic heterocycles. The lowest BCUT2D eigenvalue weighted by molar-refractivity contribution is 0.0994. The average molecular weight is 361 g/mol. The van der Waals surface area contributed by atoms with Gasteiger partial charge in [0.05, 0.1) is 5.75 Å². The maximum absolute atomic E-state index is 12.3. The molecule has 0 aliphatic carbocycles. The summed E-state index contributed by atoms with van der Waals surface area (Å²) in [5.74, 6) is 0.812. The second kappa shape index (κ2) is 6.08. The van der Waals surface area contributed by atoms with E-state index in [4.69, 9.17) is 4.42 Å². The third-order valence-corrected chi connectivity index (χ3v) is 4.67. The number of hydrogen-bond donors (Lipinski definition) is 0. The number of ketones is 1. The van der Waals surface area contributed by atoms with Crippen molar-refractivity contribution in [3.8, 4) is 0 Å². The Balaban J connectivity index is 1.76. The predicted molar refractivity (Wildman–Crippen MR) is 90.1 cm³/mol. The Morgan fingerprint density at radius 3 is 2.76 bits per heavy atom. The van der Waals surface area contributed by atoms with Gasteiger partial charge >= 0.3 is 0 Å². The van der Waals surface area contributed by atoms with Crippen LogP contribution in [-0.2, 0) is 0 Å². The van der Waals surface area contributed by atoms with Gasteiger partial charge in [-0.15, -0.1) is 11.8 Å². The maximum atomic E-state index is 12.3. The van der Waals surface area contributed by atoms with Gasteiger partial charge in [-0.25, -0.2) is 0 Å². The normalized spacial score (nSPS) is 11.0. The molecule has 1 aromatic heterocycles. The van der Waals surface area contributed by atoms with Crippen LogP contribution in [0.15, 0.2) is 62.3 Å². The topological polar surface area (TPSA) is 30.2 Å². The molecule has 3 rings (SSSR count). The van der Waals surface area contributed by atoms with E-state index in [1.807, 2.05) is 55.5 Å². The third kappa shape index (κ3) is 3.22. The largest absolute Gasteiger partial charge is 0.453 e. The number of thioether (sulfide) groups is 1. The molecular weight excluding hydrogens is 348 g/mol. The molecule has 106 valence electrons. The van der Waals surface area contributed by atoms with Gasteiger partial charge in [-0.1, -0.05) is 40.2 Å². The summed E-state index contributed by atoms with van der Waals surface area (Å²) < 4.78 is 6.71. The minimum absolute atomic E-state index is 0.00979. The third-order valence-electron chi connectivity index (χ3n) is 3.18. The molecule has 0 atom stereocenters. The van der Waals surface area contributed by atoms with Crippen molar-refractivity contribution in [3.05, 3.63) is 64.3 Å². The summed E-state index contributed by atoms with van der Waals surface area (Å²) in [6.07, 6.45) is 0. The lowest BCUT2D eigenvalue weighted by Gasteiger charge is -2.00. The summed E-state index contributed by atoms with van der Waals surface area (Å²) >= 11 is 4.94. The van der Waals surface area contributed by atoms with E-state index in [2.05, 4.69) is 15.9 Å². The highest BCUT2D eigenvalue weighted by Gasteiger charge is 2.13. The molecule has 0 unspecified atom stereocenters. The van der Waals surface area contributed by atoms with Crippen LogP contribution in [-0.4, -0.2) is 11.5 Å². The predicted octanol–water partition coefficient (Wildman–Crippen LogP) is 5.48. The van der Waals surface area contributed by atoms with Gasteiger partial charge in [-0.2, -0.15) is 0 Å². The Labute approximate surface area is 135 Å². The van der Waals surface area contributed by atoms with Crippen molar-refractivity contribution in [3.63, 3.8) is 0 Å². The van der Waals surface area contributed by atoms with E-state index in [-0.39, 0.29) is 5.78 Å². The molecule has 0 N–H and O–H groups in total. The molecule has 0 saturated heterocycles. The lowest BCUT2D eigenvalue weighted by atomic mass is 10.2. The summed E-state index contributed by atoms with van der Waals surface area (Å²) in [7, 11) is 0. The number of rotatable bonds is 4. The molecule has 0 radical (unpaired) electrons. The van der Waals surface area contributed by atoms with Crippen molar-refractivity contribution in [2.24, 2.45) is 0 Å². The van der Waals surface area contributed by atoms with Crippen molar-refractivity contribution in [1.82, 2.24) is 0 Å². The summed E-state index contributed by atoms with van der Waals surface area (Å²) in [6, 6.07) is 15.7. The van der Waals surface area contributed by atoms with Gasteiger partial charge in [-0.3, -0.25) is 4.79 Å². The van der Waals surface area contributed by atoms with Gasteiger partial charge in [0.1, 0.15) is 5.58 Å². The van der Waals surface area contributed by atoms with Crippen LogP contribution in [0.3, 0.4) is 0 Å². The number of carbonyl (C=O) groups excluding carboxylic acids is 1. The molecule has 0 fully saturated rings. The van der Waals surface area contributed by atoms with E-state index >= 15 is 0 Å². The monoisotopic (exact) mass is 360 g/mol. The highest BCUT2D eigenvalue weighted by molar-refractivity contribution is 9.10. The first-order valence-electron chi connectivity index (χ1n) is 6.54. The molecule has 3 aromatic rings. The first-order valence-corrected chi connectivity index (χ1v) is 8.32. The minimum atomic E-state index is 0.00979. The molecule has 4 heteroatoms. The number of Topliss-reactive ketones (excluding diaryl/α,β-unsaturated/α-hetero) is 1. The number of fused-ring (bicyclic) bond motifs is 1. The second-order valence-electron chi connectivity index (χ2n) is 4.77. The Hall–Kier alpha value is -1.52. The zero-order valence-electron chi connectivity index (χ0n) is 11.4. The molecule has 0 spiro atoms. The van der Waals surface area contributed by atoms with Crippen molar-refractivity contribution >= 4 is 44.4 Å². The van der Waals surface area contributed by atoms with E-state index in [9.17, 15) is 4.79 Å². The Morgan fingerprint density at radius 2 is 2.00 bits per heavy atom. The first kappa shape index (κ1) is 14.4. The Kier molecular flexibility index (Phi) is 4.17. The van der Waals surface area contributed by atoms with E-state index in [0.717, 1.165) is 25.9 Å². The fourth-order valence-corrected chi connectivity index (χ4v) is 3.50. The molecular formula is C17H13BrO2S. The van der Waals surface area contributed by atoms with Crippen molar-refractivity contribution in [2.45, 2.75) is 11.8 Å². The SMILES string of the molecule is Cc1cccc2cc(C(=O)CSc3cccc(Br)c3)oc12. The van der Waals surface area contributed by atoms with Crippen molar-refractivity contribution < 1.29 is 9.21 Å². The van der Waals surface area contributed by atoms with Crippen LogP contribution in [0.25, 0.3) is 11.0 Å². The zero-order valence-corrected chi connectivity index (χ0v) is 13.8. The number of para-hydroxylation sites is 1. The van der Waals surface area contributed by atoms with E-state index in [0.29, 0.717) is 11.5 Å². The van der Waals surface area contributed by atoms with Crippen LogP contribution in [0.1, 0.15) is 16.1 Å². The summed E-state index contributed by atoms with van der Waals surface area (Å²) in [6.45, 7) is 1.98. The van der Waals surface area contributed by atoms with Crippen molar-refractivity contribution in [1.29, 1.82) is 0 Å². The number of furan rings is 1. The molecule has 21 heavy (non-hydrogen) atoms. The Bertz CT molecular complexity index is 807. The van der Waals surface area contributed by atoms with Crippen LogP contribution in [0.4, 0.5) is 0 Å². The summed E-state index contributed by atoms with van der Waals surface area (Å²) in [4.78, 5) is 13.3. The van der Waals surface area contributed by atoms with Crippen LogP contribution in [0, 0.1) is 6.92 Å². The van der Waals surface area contributed by atoms with Gasteiger partial charge in [-0.05, 0) is 36.8 Å². The zero-order chi connectivity index (χ0) is 14.8. The van der Waals surface area contributed by atoms with Gasteiger partial charge in [0, 0.05) is 14.8 Å². The molecule has 0 amide bonds. The van der Waals surface area contributed by atoms with E-state index < -0.39 is 0 Å². The number of carbonyl (C=O) groups is 1. The van der Waals surface area contributed by atoms with Crippen molar-refractivity contribution in [2.75, 3.05) is 5.75 Å². The quantitative estimate of drug-likeness (QED) is 0.455. The Morgan fingerprint density at radius 1 is 1.19 bits per heavy atom. The highest BCUT2D eigenvalue weighted by atomic mass is 79.9. The van der Waals surface area contributed by atoms with Crippen LogP contribution < -0.4 is 0 Å². The van der Waals surface area contributed by atoms with E-state index in [1.165, 1.54) is 11.8 Å². The standard InChI is InChI=1S/C17H13BrO2S/c1-11-4-2-5-12-8-16(20-17(11)12)15(19)10-21-14-7-3-6-13(18)9-14/h2-9H,10H2,1H3. The number of aryl methyl sites for hydroxylation is 1. The van der Waals surface area contributed by atoms with Crippen LogP contribution >= 0.6 is 27.7 Å². The molecule has 2 aromatic carbocycles. The fraction of sp³-hybridized carbons (Fsp3) is 0.118. The number of hydrogen-bond acceptors (Lipinski definition) is 3. The molecule has 1 heterocycles. The summed E-state index contributed by atoms with van der Waals surface area (Å²) in [5, 5.41) is 0.978. The average Bonchev–Trinajstić information content (AvgIpc) is 2.90.